The number of nitrogens with zero attached hydrogens (tertiary/aromatic N) is 4. The molecule has 1 fully saturated rings. The lowest BCUT2D eigenvalue weighted by molar-refractivity contribution is 0.0710. The lowest BCUT2D eigenvalue weighted by Crippen LogP contribution is -2.38. The van der Waals surface area contributed by atoms with Crippen LogP contribution in [-0.4, -0.2) is 38.7 Å². The number of amides is 1. The van der Waals surface area contributed by atoms with E-state index in [1.807, 2.05) is 34.7 Å². The molecule has 1 saturated heterocycles. The van der Waals surface area contributed by atoms with Gasteiger partial charge in [-0.25, -0.2) is 0 Å². The third-order valence-corrected chi connectivity index (χ3v) is 5.49. The molecule has 23 heavy (non-hydrogen) atoms. The highest BCUT2D eigenvalue weighted by Crippen LogP contribution is 2.28. The molecule has 0 unspecified atom stereocenters. The van der Waals surface area contributed by atoms with Crippen molar-refractivity contribution < 1.29 is 4.79 Å². The SMILES string of the molecule is Cn1cnnc1C1CCN(C(=O)c2ccc3sccc3c2)CC1. The van der Waals surface area contributed by atoms with E-state index in [9.17, 15) is 4.79 Å². The number of hydrogen-bond donors (Lipinski definition) is 0. The van der Waals surface area contributed by atoms with Crippen LogP contribution in [0.25, 0.3) is 10.1 Å². The zero-order valence-electron chi connectivity index (χ0n) is 13.0. The number of rotatable bonds is 2. The van der Waals surface area contributed by atoms with Crippen LogP contribution in [0.3, 0.4) is 0 Å². The number of aryl methyl sites for hydroxylation is 1. The molecule has 1 amide bonds. The number of hydrogen-bond acceptors (Lipinski definition) is 4. The van der Waals surface area contributed by atoms with Crippen LogP contribution in [0.1, 0.15) is 34.9 Å². The van der Waals surface area contributed by atoms with Gasteiger partial charge in [-0.15, -0.1) is 21.5 Å². The van der Waals surface area contributed by atoms with Crippen LogP contribution in [0, 0.1) is 0 Å². The molecular formula is C17H18N4OS. The molecule has 6 heteroatoms. The van der Waals surface area contributed by atoms with E-state index in [4.69, 9.17) is 0 Å². The summed E-state index contributed by atoms with van der Waals surface area (Å²) in [6, 6.07) is 8.05. The van der Waals surface area contributed by atoms with Crippen molar-refractivity contribution in [1.82, 2.24) is 19.7 Å². The van der Waals surface area contributed by atoms with Gasteiger partial charge in [-0.05, 0) is 47.9 Å². The topological polar surface area (TPSA) is 51.0 Å². The monoisotopic (exact) mass is 326 g/mol. The summed E-state index contributed by atoms with van der Waals surface area (Å²) in [6.45, 7) is 1.55. The van der Waals surface area contributed by atoms with E-state index in [2.05, 4.69) is 21.6 Å². The number of thiophene rings is 1. The van der Waals surface area contributed by atoms with Crippen molar-refractivity contribution in [2.45, 2.75) is 18.8 Å². The molecule has 5 nitrogen and oxygen atoms in total. The normalized spacial score (nSPS) is 16.1. The predicted octanol–water partition coefficient (Wildman–Crippen LogP) is 3.05. The van der Waals surface area contributed by atoms with Gasteiger partial charge >= 0.3 is 0 Å². The van der Waals surface area contributed by atoms with Crippen LogP contribution in [0.4, 0.5) is 0 Å². The van der Waals surface area contributed by atoms with Gasteiger partial charge in [0.25, 0.3) is 5.91 Å². The highest BCUT2D eigenvalue weighted by Gasteiger charge is 2.27. The molecular weight excluding hydrogens is 308 g/mol. The van der Waals surface area contributed by atoms with Crippen LogP contribution >= 0.6 is 11.3 Å². The predicted molar refractivity (Wildman–Crippen MR) is 90.7 cm³/mol. The molecule has 1 aromatic carbocycles. The second-order valence-corrected chi connectivity index (χ2v) is 6.99. The summed E-state index contributed by atoms with van der Waals surface area (Å²) in [5.74, 6) is 1.55. The first-order valence-electron chi connectivity index (χ1n) is 7.83. The highest BCUT2D eigenvalue weighted by molar-refractivity contribution is 7.17. The minimum Gasteiger partial charge on any atom is -0.339 e. The quantitative estimate of drug-likeness (QED) is 0.727. The lowest BCUT2D eigenvalue weighted by Gasteiger charge is -2.31. The van der Waals surface area contributed by atoms with E-state index in [0.717, 1.165) is 42.7 Å². The number of likely N-dealkylation sites (tertiary alicyclic amines) is 1. The summed E-state index contributed by atoms with van der Waals surface area (Å²) >= 11 is 1.70. The molecule has 1 aliphatic rings. The summed E-state index contributed by atoms with van der Waals surface area (Å²) in [7, 11) is 1.98. The van der Waals surface area contributed by atoms with E-state index in [-0.39, 0.29) is 5.91 Å². The Hall–Kier alpha value is -2.21. The first-order chi connectivity index (χ1) is 11.2. The Morgan fingerprint density at radius 3 is 2.83 bits per heavy atom. The first-order valence-corrected chi connectivity index (χ1v) is 8.71. The summed E-state index contributed by atoms with van der Waals surface area (Å²) in [5.41, 5.74) is 0.785. The minimum absolute atomic E-state index is 0.134. The Kier molecular flexibility index (Phi) is 3.61. The van der Waals surface area contributed by atoms with Crippen molar-refractivity contribution in [3.05, 3.63) is 47.4 Å². The van der Waals surface area contributed by atoms with Gasteiger partial charge < -0.3 is 9.47 Å². The van der Waals surface area contributed by atoms with E-state index in [0.29, 0.717) is 5.92 Å². The highest BCUT2D eigenvalue weighted by atomic mass is 32.1. The van der Waals surface area contributed by atoms with Gasteiger partial charge in [-0.2, -0.15) is 0 Å². The van der Waals surface area contributed by atoms with Gasteiger partial charge in [-0.1, -0.05) is 0 Å². The zero-order chi connectivity index (χ0) is 15.8. The van der Waals surface area contributed by atoms with Crippen molar-refractivity contribution in [2.24, 2.45) is 7.05 Å². The summed E-state index contributed by atoms with van der Waals surface area (Å²) in [6.07, 6.45) is 3.63. The lowest BCUT2D eigenvalue weighted by atomic mass is 9.95. The number of aromatic nitrogens is 3. The molecule has 0 aliphatic carbocycles. The minimum atomic E-state index is 0.134. The molecule has 3 heterocycles. The molecule has 0 radical (unpaired) electrons. The van der Waals surface area contributed by atoms with Gasteiger partial charge in [0, 0.05) is 36.3 Å². The summed E-state index contributed by atoms with van der Waals surface area (Å²) in [4.78, 5) is 14.7. The van der Waals surface area contributed by atoms with Crippen LogP contribution in [0.2, 0.25) is 0 Å². The molecule has 3 aromatic rings. The number of carbonyl (C=O) groups excluding carboxylic acids is 1. The number of benzene rings is 1. The largest absolute Gasteiger partial charge is 0.339 e. The first kappa shape index (κ1) is 14.4. The van der Waals surface area contributed by atoms with Gasteiger partial charge in [0.1, 0.15) is 12.2 Å². The molecule has 0 spiro atoms. The van der Waals surface area contributed by atoms with E-state index < -0.39 is 0 Å². The van der Waals surface area contributed by atoms with E-state index in [1.54, 1.807) is 17.7 Å². The number of carbonyl (C=O) groups is 1. The van der Waals surface area contributed by atoms with E-state index in [1.165, 1.54) is 4.70 Å². The molecule has 1 aliphatic heterocycles. The van der Waals surface area contributed by atoms with Crippen molar-refractivity contribution >= 4 is 27.3 Å². The Morgan fingerprint density at radius 2 is 2.09 bits per heavy atom. The summed E-state index contributed by atoms with van der Waals surface area (Å²) in [5, 5.41) is 11.4. The third kappa shape index (κ3) is 2.63. The second kappa shape index (κ2) is 5.77. The fourth-order valence-corrected chi connectivity index (χ4v) is 4.06. The maximum Gasteiger partial charge on any atom is 0.253 e. The van der Waals surface area contributed by atoms with Gasteiger partial charge in [-0.3, -0.25) is 4.79 Å². The second-order valence-electron chi connectivity index (χ2n) is 6.04. The Bertz CT molecular complexity index is 845. The smallest absolute Gasteiger partial charge is 0.253 e. The summed E-state index contributed by atoms with van der Waals surface area (Å²) < 4.78 is 3.20. The molecule has 0 N–H and O–H groups in total. The maximum atomic E-state index is 12.7. The van der Waals surface area contributed by atoms with Crippen LogP contribution < -0.4 is 0 Å². The van der Waals surface area contributed by atoms with Crippen LogP contribution in [-0.2, 0) is 7.05 Å². The van der Waals surface area contributed by atoms with Crippen molar-refractivity contribution in [3.63, 3.8) is 0 Å². The Labute approximate surface area is 138 Å². The molecule has 0 bridgehead atoms. The maximum absolute atomic E-state index is 12.7. The van der Waals surface area contributed by atoms with Crippen molar-refractivity contribution in [3.8, 4) is 0 Å². The van der Waals surface area contributed by atoms with Crippen molar-refractivity contribution in [2.75, 3.05) is 13.1 Å². The third-order valence-electron chi connectivity index (χ3n) is 4.59. The van der Waals surface area contributed by atoms with Gasteiger partial charge in [0.2, 0.25) is 0 Å². The van der Waals surface area contributed by atoms with Gasteiger partial charge in [0.15, 0.2) is 0 Å². The van der Waals surface area contributed by atoms with E-state index >= 15 is 0 Å². The fourth-order valence-electron chi connectivity index (χ4n) is 3.28. The Morgan fingerprint density at radius 1 is 1.26 bits per heavy atom. The molecule has 0 saturated carbocycles. The number of fused-ring (bicyclic) bond motifs is 1. The standard InChI is InChI=1S/C17H18N4OS/c1-20-11-18-19-16(20)12-4-7-21(8-5-12)17(22)14-2-3-15-13(10-14)6-9-23-15/h2-3,6,9-12H,4-5,7-8H2,1H3. The molecule has 4 rings (SSSR count). The van der Waals surface area contributed by atoms with Crippen molar-refractivity contribution in [1.29, 1.82) is 0 Å². The Balaban J connectivity index is 1.47. The van der Waals surface area contributed by atoms with Crippen LogP contribution in [0.15, 0.2) is 36.0 Å². The average molecular weight is 326 g/mol. The van der Waals surface area contributed by atoms with Gasteiger partial charge in [0.05, 0.1) is 0 Å². The zero-order valence-corrected chi connectivity index (χ0v) is 13.8. The molecule has 0 atom stereocenters. The fraction of sp³-hybridized carbons (Fsp3) is 0.353. The van der Waals surface area contributed by atoms with Crippen LogP contribution in [0.5, 0.6) is 0 Å². The molecule has 2 aromatic heterocycles. The number of piperidine rings is 1. The molecule has 118 valence electrons. The average Bonchev–Trinajstić information content (AvgIpc) is 3.22.